The molecule has 7 heteroatoms. The Kier molecular flexibility index (Phi) is 5.78. The minimum Gasteiger partial charge on any atom is -0.462 e. The number of nitrogen functional groups attached to an aromatic ring is 1. The van der Waals surface area contributed by atoms with Gasteiger partial charge in [0.15, 0.2) is 0 Å². The second-order valence-electron chi connectivity index (χ2n) is 6.30. The summed E-state index contributed by atoms with van der Waals surface area (Å²) >= 11 is 0. The van der Waals surface area contributed by atoms with Gasteiger partial charge in [0.1, 0.15) is 5.75 Å². The van der Waals surface area contributed by atoms with Gasteiger partial charge in [0.05, 0.1) is 12.2 Å². The van der Waals surface area contributed by atoms with Gasteiger partial charge in [-0.05, 0) is 54.8 Å². The highest BCUT2D eigenvalue weighted by Crippen LogP contribution is 2.31. The molecule has 0 unspecified atom stereocenters. The van der Waals surface area contributed by atoms with E-state index < -0.39 is 11.9 Å². The number of fused-ring (bicyclic) bond motifs is 1. The highest BCUT2D eigenvalue weighted by atomic mass is 16.5. The third-order valence-electron chi connectivity index (χ3n) is 4.09. The Hall–Kier alpha value is -3.87. The fraction of sp³-hybridized carbons (Fsp3) is 0.136. The van der Waals surface area contributed by atoms with Gasteiger partial charge in [-0.3, -0.25) is 9.59 Å². The molecule has 0 aliphatic heterocycles. The quantitative estimate of drug-likeness (QED) is 0.389. The zero-order valence-corrected chi connectivity index (χ0v) is 16.0. The van der Waals surface area contributed by atoms with Gasteiger partial charge in [-0.2, -0.15) is 0 Å². The largest absolute Gasteiger partial charge is 0.462 e. The van der Waals surface area contributed by atoms with E-state index in [1.807, 2.05) is 0 Å². The molecule has 0 aliphatic carbocycles. The first-order valence-electron chi connectivity index (χ1n) is 8.97. The zero-order chi connectivity index (χ0) is 21.0. The van der Waals surface area contributed by atoms with Crippen LogP contribution in [0.25, 0.3) is 10.8 Å². The van der Waals surface area contributed by atoms with Crippen LogP contribution in [0.15, 0.2) is 54.6 Å². The van der Waals surface area contributed by atoms with Crippen molar-refractivity contribution >= 4 is 40.0 Å². The first kappa shape index (κ1) is 19.9. The molecule has 0 heterocycles. The van der Waals surface area contributed by atoms with E-state index in [1.54, 1.807) is 55.5 Å². The third-order valence-corrected chi connectivity index (χ3v) is 4.09. The van der Waals surface area contributed by atoms with Crippen LogP contribution < -0.4 is 15.8 Å². The number of nitrogens with one attached hydrogen (secondary N) is 1. The molecule has 3 aromatic rings. The lowest BCUT2D eigenvalue weighted by atomic mass is 10.0. The fourth-order valence-electron chi connectivity index (χ4n) is 2.86. The van der Waals surface area contributed by atoms with Crippen LogP contribution in [0.2, 0.25) is 0 Å². The van der Waals surface area contributed by atoms with E-state index in [-0.39, 0.29) is 23.8 Å². The van der Waals surface area contributed by atoms with E-state index in [0.29, 0.717) is 27.7 Å². The van der Waals surface area contributed by atoms with Crippen LogP contribution in [0.1, 0.15) is 34.6 Å². The average Bonchev–Trinajstić information content (AvgIpc) is 2.68. The van der Waals surface area contributed by atoms with Gasteiger partial charge in [-0.25, -0.2) is 4.79 Å². The average molecular weight is 392 g/mol. The second-order valence-corrected chi connectivity index (χ2v) is 6.30. The standard InChI is InChI=1S/C22H20N2O5/c1-3-28-22(27)16-9-14-7-8-18(12-19(14)20(11-16)29-13(2)25)24-21(26)15-5-4-6-17(23)10-15/h4-12H,3,23H2,1-2H3,(H,24,26). The maximum absolute atomic E-state index is 12.5. The van der Waals surface area contributed by atoms with Crippen molar-refractivity contribution in [2.45, 2.75) is 13.8 Å². The van der Waals surface area contributed by atoms with Crippen molar-refractivity contribution in [2.24, 2.45) is 0 Å². The number of esters is 2. The summed E-state index contributed by atoms with van der Waals surface area (Å²) in [6.45, 7) is 3.21. The molecule has 0 fully saturated rings. The van der Waals surface area contributed by atoms with Gasteiger partial charge in [0.25, 0.3) is 5.91 Å². The Morgan fingerprint density at radius 1 is 1.00 bits per heavy atom. The van der Waals surface area contributed by atoms with Crippen molar-refractivity contribution in [2.75, 3.05) is 17.7 Å². The molecular formula is C22H20N2O5. The van der Waals surface area contributed by atoms with Crippen molar-refractivity contribution in [1.29, 1.82) is 0 Å². The van der Waals surface area contributed by atoms with Gasteiger partial charge in [0, 0.05) is 29.2 Å². The first-order valence-corrected chi connectivity index (χ1v) is 8.97. The van der Waals surface area contributed by atoms with Gasteiger partial charge < -0.3 is 20.5 Å². The summed E-state index contributed by atoms with van der Waals surface area (Å²) < 4.78 is 10.3. The van der Waals surface area contributed by atoms with E-state index in [1.165, 1.54) is 13.0 Å². The molecule has 3 rings (SSSR count). The van der Waals surface area contributed by atoms with Crippen molar-refractivity contribution < 1.29 is 23.9 Å². The number of rotatable bonds is 5. The van der Waals surface area contributed by atoms with Crippen LogP contribution in [0.3, 0.4) is 0 Å². The van der Waals surface area contributed by atoms with Crippen molar-refractivity contribution in [1.82, 2.24) is 0 Å². The van der Waals surface area contributed by atoms with Crippen LogP contribution in [-0.2, 0) is 9.53 Å². The van der Waals surface area contributed by atoms with Crippen LogP contribution in [0.5, 0.6) is 5.75 Å². The smallest absolute Gasteiger partial charge is 0.338 e. The third kappa shape index (κ3) is 4.70. The Balaban J connectivity index is 1.99. The summed E-state index contributed by atoms with van der Waals surface area (Å²) in [5.41, 5.74) is 7.40. The van der Waals surface area contributed by atoms with E-state index in [2.05, 4.69) is 5.32 Å². The zero-order valence-electron chi connectivity index (χ0n) is 16.0. The molecule has 0 bridgehead atoms. The second kappa shape index (κ2) is 8.43. The minimum absolute atomic E-state index is 0.207. The Morgan fingerprint density at radius 3 is 2.48 bits per heavy atom. The van der Waals surface area contributed by atoms with Gasteiger partial charge in [0.2, 0.25) is 0 Å². The molecule has 0 aromatic heterocycles. The summed E-state index contributed by atoms with van der Waals surface area (Å²) in [5, 5.41) is 4.02. The Morgan fingerprint density at radius 2 is 1.79 bits per heavy atom. The summed E-state index contributed by atoms with van der Waals surface area (Å²) in [6.07, 6.45) is 0. The SMILES string of the molecule is CCOC(=O)c1cc(OC(C)=O)c2cc(NC(=O)c3cccc(N)c3)ccc2c1. The number of nitrogens with two attached hydrogens (primary N) is 1. The lowest BCUT2D eigenvalue weighted by Crippen LogP contribution is -2.12. The summed E-state index contributed by atoms with van der Waals surface area (Å²) in [4.78, 5) is 36.1. The molecule has 3 aromatic carbocycles. The van der Waals surface area contributed by atoms with Crippen LogP contribution in [0.4, 0.5) is 11.4 Å². The van der Waals surface area contributed by atoms with E-state index >= 15 is 0 Å². The molecular weight excluding hydrogens is 372 g/mol. The monoisotopic (exact) mass is 392 g/mol. The number of ether oxygens (including phenoxy) is 2. The molecule has 29 heavy (non-hydrogen) atoms. The lowest BCUT2D eigenvalue weighted by molar-refractivity contribution is -0.131. The molecule has 148 valence electrons. The number of carbonyl (C=O) groups is 3. The molecule has 0 saturated heterocycles. The van der Waals surface area contributed by atoms with Crippen LogP contribution >= 0.6 is 0 Å². The number of anilines is 2. The van der Waals surface area contributed by atoms with E-state index in [0.717, 1.165) is 0 Å². The number of hydrogen-bond donors (Lipinski definition) is 2. The van der Waals surface area contributed by atoms with E-state index in [4.69, 9.17) is 15.2 Å². The van der Waals surface area contributed by atoms with Crippen LogP contribution in [-0.4, -0.2) is 24.5 Å². The maximum Gasteiger partial charge on any atom is 0.338 e. The lowest BCUT2D eigenvalue weighted by Gasteiger charge is -2.12. The Bertz CT molecular complexity index is 1110. The van der Waals surface area contributed by atoms with Crippen molar-refractivity contribution in [3.05, 3.63) is 65.7 Å². The summed E-state index contributed by atoms with van der Waals surface area (Å²) in [5.74, 6) is -1.16. The number of amides is 1. The number of benzene rings is 3. The predicted octanol–water partition coefficient (Wildman–Crippen LogP) is 3.78. The molecule has 0 saturated carbocycles. The molecule has 0 radical (unpaired) electrons. The van der Waals surface area contributed by atoms with Crippen molar-refractivity contribution in [3.8, 4) is 5.75 Å². The van der Waals surface area contributed by atoms with Gasteiger partial charge in [-0.15, -0.1) is 0 Å². The number of carbonyl (C=O) groups excluding carboxylic acids is 3. The normalized spacial score (nSPS) is 10.4. The predicted molar refractivity (Wildman–Crippen MR) is 110 cm³/mol. The maximum atomic E-state index is 12.5. The van der Waals surface area contributed by atoms with Gasteiger partial charge in [-0.1, -0.05) is 12.1 Å². The minimum atomic E-state index is -0.526. The molecule has 0 aliphatic rings. The van der Waals surface area contributed by atoms with Crippen LogP contribution in [0, 0.1) is 0 Å². The molecule has 3 N–H and O–H groups in total. The Labute approximate surface area is 167 Å². The topological polar surface area (TPSA) is 108 Å². The highest BCUT2D eigenvalue weighted by molar-refractivity contribution is 6.06. The molecule has 0 spiro atoms. The van der Waals surface area contributed by atoms with Gasteiger partial charge >= 0.3 is 11.9 Å². The van der Waals surface area contributed by atoms with E-state index in [9.17, 15) is 14.4 Å². The van der Waals surface area contributed by atoms with Crippen molar-refractivity contribution in [3.63, 3.8) is 0 Å². The summed E-state index contributed by atoms with van der Waals surface area (Å²) in [6, 6.07) is 14.8. The fourth-order valence-corrected chi connectivity index (χ4v) is 2.86. The molecule has 0 atom stereocenters. The molecule has 1 amide bonds. The number of hydrogen-bond acceptors (Lipinski definition) is 6. The first-order chi connectivity index (χ1) is 13.9. The summed E-state index contributed by atoms with van der Waals surface area (Å²) in [7, 11) is 0. The molecule has 7 nitrogen and oxygen atoms in total. The highest BCUT2D eigenvalue weighted by Gasteiger charge is 2.15.